The molecule has 0 aliphatic rings. The Hall–Kier alpha value is -2.88. The van der Waals surface area contributed by atoms with Crippen LogP contribution in [-0.4, -0.2) is 21.6 Å². The summed E-state index contributed by atoms with van der Waals surface area (Å²) < 4.78 is 7.53. The molecule has 0 bridgehead atoms. The molecule has 4 nitrogen and oxygen atoms in total. The number of hydrogen-bond donors (Lipinski definition) is 0. The van der Waals surface area contributed by atoms with Gasteiger partial charge < -0.3 is 9.30 Å². The van der Waals surface area contributed by atoms with E-state index >= 15 is 0 Å². The summed E-state index contributed by atoms with van der Waals surface area (Å²) in [6.07, 6.45) is 1.65. The Kier molecular flexibility index (Phi) is 3.23. The van der Waals surface area contributed by atoms with E-state index in [0.717, 1.165) is 34.6 Å². The molecule has 114 valence electrons. The number of aryl methyl sites for hydroxylation is 1. The summed E-state index contributed by atoms with van der Waals surface area (Å²) in [6.45, 7) is 3.03. The molecule has 0 N–H and O–H groups in total. The summed E-state index contributed by atoms with van der Waals surface area (Å²) in [6, 6.07) is 16.4. The Labute approximate surface area is 134 Å². The largest absolute Gasteiger partial charge is 0.497 e. The molecule has 2 aromatic heterocycles. The van der Waals surface area contributed by atoms with Crippen molar-refractivity contribution < 1.29 is 4.74 Å². The Balaban J connectivity index is 2.07. The highest BCUT2D eigenvalue weighted by atomic mass is 16.5. The van der Waals surface area contributed by atoms with Gasteiger partial charge in [0.25, 0.3) is 0 Å². The lowest BCUT2D eigenvalue weighted by Gasteiger charge is -2.08. The van der Waals surface area contributed by atoms with Crippen molar-refractivity contribution in [2.75, 3.05) is 7.11 Å². The fourth-order valence-electron chi connectivity index (χ4n) is 3.15. The molecule has 0 fully saturated rings. The number of aromatic nitrogens is 3. The first-order valence-corrected chi connectivity index (χ1v) is 7.70. The van der Waals surface area contributed by atoms with E-state index in [-0.39, 0.29) is 0 Å². The lowest BCUT2D eigenvalue weighted by atomic mass is 10.1. The molecule has 0 spiro atoms. The molecule has 0 saturated heterocycles. The van der Waals surface area contributed by atoms with Gasteiger partial charge in [0, 0.05) is 17.5 Å². The van der Waals surface area contributed by atoms with Gasteiger partial charge in [-0.25, -0.2) is 9.97 Å². The molecule has 4 rings (SSSR count). The van der Waals surface area contributed by atoms with Gasteiger partial charge in [-0.1, -0.05) is 18.2 Å². The van der Waals surface area contributed by atoms with Crippen molar-refractivity contribution >= 4 is 21.9 Å². The number of methoxy groups -OCH3 is 1. The zero-order valence-electron chi connectivity index (χ0n) is 13.2. The molecule has 4 heteroatoms. The monoisotopic (exact) mass is 303 g/mol. The fourth-order valence-corrected chi connectivity index (χ4v) is 3.15. The predicted molar refractivity (Wildman–Crippen MR) is 92.7 cm³/mol. The molecular formula is C19H17N3O. The van der Waals surface area contributed by atoms with Crippen LogP contribution in [0.4, 0.5) is 0 Å². The van der Waals surface area contributed by atoms with Crippen LogP contribution in [0.3, 0.4) is 0 Å². The summed E-state index contributed by atoms with van der Waals surface area (Å²) in [5, 5.41) is 1.17. The number of fused-ring (bicyclic) bond motifs is 3. The van der Waals surface area contributed by atoms with Crippen molar-refractivity contribution in [2.45, 2.75) is 13.5 Å². The summed E-state index contributed by atoms with van der Waals surface area (Å²) in [4.78, 5) is 9.10. The summed E-state index contributed by atoms with van der Waals surface area (Å²) in [5.74, 6) is 0.843. The second-order valence-electron chi connectivity index (χ2n) is 5.41. The number of benzene rings is 2. The average Bonchev–Trinajstić information content (AvgIpc) is 2.95. The van der Waals surface area contributed by atoms with Crippen molar-refractivity contribution in [2.24, 2.45) is 0 Å². The van der Waals surface area contributed by atoms with Crippen LogP contribution in [0.2, 0.25) is 0 Å². The first-order chi connectivity index (χ1) is 11.3. The van der Waals surface area contributed by atoms with Crippen molar-refractivity contribution in [1.82, 2.24) is 14.5 Å². The van der Waals surface area contributed by atoms with E-state index in [4.69, 9.17) is 4.74 Å². The molecule has 0 aliphatic carbocycles. The minimum absolute atomic E-state index is 0.843. The molecule has 0 radical (unpaired) electrons. The van der Waals surface area contributed by atoms with Gasteiger partial charge in [0.05, 0.1) is 23.8 Å². The van der Waals surface area contributed by atoms with Crippen LogP contribution in [0, 0.1) is 0 Å². The van der Waals surface area contributed by atoms with Crippen molar-refractivity contribution in [3.8, 4) is 17.0 Å². The number of nitrogens with zero attached hydrogens (tertiary/aromatic N) is 3. The Bertz CT molecular complexity index is 987. The SMILES string of the molecule is CCn1c2ccccc2c2ncnc(-c3ccc(OC)cc3)c21. The third kappa shape index (κ3) is 2.06. The maximum absolute atomic E-state index is 5.25. The van der Waals surface area contributed by atoms with Crippen LogP contribution < -0.4 is 4.74 Å². The van der Waals surface area contributed by atoms with Gasteiger partial charge in [0.15, 0.2) is 0 Å². The van der Waals surface area contributed by atoms with E-state index in [1.807, 2.05) is 24.3 Å². The van der Waals surface area contributed by atoms with Crippen LogP contribution in [0.1, 0.15) is 6.92 Å². The van der Waals surface area contributed by atoms with E-state index in [0.29, 0.717) is 0 Å². The van der Waals surface area contributed by atoms with Crippen LogP contribution in [0.15, 0.2) is 54.9 Å². The normalized spacial score (nSPS) is 11.2. The summed E-state index contributed by atoms with van der Waals surface area (Å²) in [7, 11) is 1.67. The van der Waals surface area contributed by atoms with Crippen molar-refractivity contribution in [3.63, 3.8) is 0 Å². The first-order valence-electron chi connectivity index (χ1n) is 7.70. The highest BCUT2D eigenvalue weighted by Gasteiger charge is 2.15. The van der Waals surface area contributed by atoms with E-state index < -0.39 is 0 Å². The van der Waals surface area contributed by atoms with Crippen LogP contribution in [0.25, 0.3) is 33.2 Å². The second-order valence-corrected chi connectivity index (χ2v) is 5.41. The molecular weight excluding hydrogens is 286 g/mol. The molecule has 0 aliphatic heterocycles. The maximum Gasteiger partial charge on any atom is 0.118 e. The van der Waals surface area contributed by atoms with Gasteiger partial charge in [0.2, 0.25) is 0 Å². The van der Waals surface area contributed by atoms with Crippen LogP contribution >= 0.6 is 0 Å². The lowest BCUT2D eigenvalue weighted by Crippen LogP contribution is -1.97. The minimum atomic E-state index is 0.843. The average molecular weight is 303 g/mol. The zero-order valence-corrected chi connectivity index (χ0v) is 13.2. The second kappa shape index (κ2) is 5.39. The molecule has 0 unspecified atom stereocenters. The van der Waals surface area contributed by atoms with Crippen molar-refractivity contribution in [3.05, 3.63) is 54.9 Å². The number of hydrogen-bond acceptors (Lipinski definition) is 3. The van der Waals surface area contributed by atoms with Gasteiger partial charge in [-0.05, 0) is 37.3 Å². The predicted octanol–water partition coefficient (Wildman–Crippen LogP) is 4.28. The first kappa shape index (κ1) is 13.8. The topological polar surface area (TPSA) is 39.9 Å². The molecule has 0 atom stereocenters. The van der Waals surface area contributed by atoms with Gasteiger partial charge in [0.1, 0.15) is 17.6 Å². The quantitative estimate of drug-likeness (QED) is 0.567. The Morgan fingerprint density at radius 1 is 1.00 bits per heavy atom. The van der Waals surface area contributed by atoms with Crippen LogP contribution in [0.5, 0.6) is 5.75 Å². The van der Waals surface area contributed by atoms with Crippen molar-refractivity contribution in [1.29, 1.82) is 0 Å². The summed E-state index contributed by atoms with van der Waals surface area (Å²) >= 11 is 0. The smallest absolute Gasteiger partial charge is 0.118 e. The summed E-state index contributed by atoms with van der Waals surface area (Å²) in [5.41, 5.74) is 5.30. The number of para-hydroxylation sites is 1. The Morgan fingerprint density at radius 2 is 1.78 bits per heavy atom. The number of ether oxygens (including phenoxy) is 1. The van der Waals surface area contributed by atoms with E-state index in [1.54, 1.807) is 13.4 Å². The molecule has 23 heavy (non-hydrogen) atoms. The molecule has 2 heterocycles. The minimum Gasteiger partial charge on any atom is -0.497 e. The zero-order chi connectivity index (χ0) is 15.8. The number of rotatable bonds is 3. The highest BCUT2D eigenvalue weighted by molar-refractivity contribution is 6.09. The third-order valence-corrected chi connectivity index (χ3v) is 4.22. The van der Waals surface area contributed by atoms with Gasteiger partial charge in [-0.3, -0.25) is 0 Å². The Morgan fingerprint density at radius 3 is 2.52 bits per heavy atom. The standard InChI is InChI=1S/C19H17N3O/c1-3-22-16-7-5-4-6-15(16)18-19(22)17(20-12-21-18)13-8-10-14(23-2)11-9-13/h4-12H,3H2,1-2H3. The van der Waals surface area contributed by atoms with E-state index in [2.05, 4.69) is 45.7 Å². The third-order valence-electron chi connectivity index (χ3n) is 4.22. The van der Waals surface area contributed by atoms with E-state index in [1.165, 1.54) is 10.9 Å². The highest BCUT2D eigenvalue weighted by Crippen LogP contribution is 2.33. The van der Waals surface area contributed by atoms with Gasteiger partial charge >= 0.3 is 0 Å². The fraction of sp³-hybridized carbons (Fsp3) is 0.158. The van der Waals surface area contributed by atoms with Gasteiger partial charge in [-0.2, -0.15) is 0 Å². The maximum atomic E-state index is 5.25. The van der Waals surface area contributed by atoms with Gasteiger partial charge in [-0.15, -0.1) is 0 Å². The van der Waals surface area contributed by atoms with E-state index in [9.17, 15) is 0 Å². The molecule has 4 aromatic rings. The molecule has 2 aromatic carbocycles. The van der Waals surface area contributed by atoms with Crippen LogP contribution in [-0.2, 0) is 6.54 Å². The lowest BCUT2D eigenvalue weighted by molar-refractivity contribution is 0.415. The molecule has 0 amide bonds. The molecule has 0 saturated carbocycles.